The summed E-state index contributed by atoms with van der Waals surface area (Å²) in [6.07, 6.45) is -1.69. The molecule has 2 aliphatic heterocycles. The van der Waals surface area contributed by atoms with E-state index in [9.17, 15) is 28.1 Å². The summed E-state index contributed by atoms with van der Waals surface area (Å²) in [6, 6.07) is 11.0. The number of rotatable bonds is 8. The fourth-order valence-electron chi connectivity index (χ4n) is 5.46. The lowest BCUT2D eigenvalue weighted by molar-refractivity contribution is -0.388. The maximum Gasteiger partial charge on any atom is 0.423 e. The molecule has 2 amide bonds. The van der Waals surface area contributed by atoms with E-state index in [-0.39, 0.29) is 25.2 Å². The van der Waals surface area contributed by atoms with Crippen LogP contribution in [0.4, 0.5) is 35.0 Å². The van der Waals surface area contributed by atoms with E-state index in [2.05, 4.69) is 22.3 Å². The van der Waals surface area contributed by atoms with Crippen LogP contribution in [0, 0.1) is 16.0 Å². The average molecular weight is 580 g/mol. The Hall–Kier alpha value is -3.70. The van der Waals surface area contributed by atoms with Gasteiger partial charge in [-0.1, -0.05) is 7.43 Å². The third-order valence-electron chi connectivity index (χ3n) is 7.86. The molecule has 226 valence electrons. The minimum Gasteiger partial charge on any atom is -0.494 e. The van der Waals surface area contributed by atoms with E-state index in [0.29, 0.717) is 45.0 Å². The molecule has 41 heavy (non-hydrogen) atoms. The Morgan fingerprint density at radius 3 is 2.27 bits per heavy atom. The predicted molar refractivity (Wildman–Crippen MR) is 154 cm³/mol. The number of anilines is 2. The topological polar surface area (TPSA) is 91.2 Å². The molecular formula is C29H40F3N5O4. The predicted octanol–water partition coefficient (Wildman–Crippen LogP) is 6.18. The van der Waals surface area contributed by atoms with Gasteiger partial charge >= 0.3 is 12.2 Å². The zero-order chi connectivity index (χ0) is 28.9. The molecule has 0 aromatic heterocycles. The summed E-state index contributed by atoms with van der Waals surface area (Å²) in [5, 5.41) is 14.1. The van der Waals surface area contributed by atoms with Gasteiger partial charge in [0.25, 0.3) is 5.69 Å². The molecule has 2 aliphatic rings. The third kappa shape index (κ3) is 7.95. The standard InChI is InChI=1S/C28H36F3N5O4.CH4/c1-3-40-24-7-4-22(5-8-24)34-14-10-20(11-15-34)19-32-27(37)35-16-12-21(13-17-35)33(2)23-6-9-26(36(38)39)25(18-23)28(29,30)31;/h4-9,18,20-21H,3,10-17,19H2,1-2H3,(H,32,37);1H4. The first-order valence-corrected chi connectivity index (χ1v) is 13.7. The number of hydrogen-bond donors (Lipinski definition) is 1. The minimum atomic E-state index is -4.83. The van der Waals surface area contributed by atoms with Gasteiger partial charge < -0.3 is 24.8 Å². The maximum atomic E-state index is 13.4. The van der Waals surface area contributed by atoms with Crippen LogP contribution in [0.1, 0.15) is 45.6 Å². The van der Waals surface area contributed by atoms with Crippen molar-refractivity contribution in [1.82, 2.24) is 10.2 Å². The van der Waals surface area contributed by atoms with Crippen molar-refractivity contribution in [3.8, 4) is 5.75 Å². The molecule has 2 aromatic carbocycles. The normalized spacial score (nSPS) is 16.6. The largest absolute Gasteiger partial charge is 0.494 e. The van der Waals surface area contributed by atoms with Crippen molar-refractivity contribution in [1.29, 1.82) is 0 Å². The molecule has 1 N–H and O–H groups in total. The number of carbonyl (C=O) groups excluding carboxylic acids is 1. The van der Waals surface area contributed by atoms with Gasteiger partial charge in [-0.2, -0.15) is 13.2 Å². The molecule has 12 heteroatoms. The van der Waals surface area contributed by atoms with Crippen molar-refractivity contribution in [3.63, 3.8) is 0 Å². The van der Waals surface area contributed by atoms with Gasteiger partial charge in [0, 0.05) is 63.3 Å². The Morgan fingerprint density at radius 1 is 1.07 bits per heavy atom. The molecule has 9 nitrogen and oxygen atoms in total. The van der Waals surface area contributed by atoms with Crippen LogP contribution in [-0.2, 0) is 6.18 Å². The summed E-state index contributed by atoms with van der Waals surface area (Å²) >= 11 is 0. The van der Waals surface area contributed by atoms with Crippen LogP contribution >= 0.6 is 0 Å². The van der Waals surface area contributed by atoms with Gasteiger partial charge in [0.1, 0.15) is 11.3 Å². The number of hydrogen-bond acceptors (Lipinski definition) is 6. The number of nitro benzene ring substituents is 1. The quantitative estimate of drug-likeness (QED) is 0.297. The summed E-state index contributed by atoms with van der Waals surface area (Å²) < 4.78 is 45.7. The Bertz CT molecular complexity index is 1160. The lowest BCUT2D eigenvalue weighted by Gasteiger charge is -2.38. The number of nitro groups is 1. The number of piperidine rings is 2. The van der Waals surface area contributed by atoms with Gasteiger partial charge in [0.15, 0.2) is 0 Å². The summed E-state index contributed by atoms with van der Waals surface area (Å²) in [6.45, 7) is 6.02. The number of nitrogens with zero attached hydrogens (tertiary/aromatic N) is 4. The first-order valence-electron chi connectivity index (χ1n) is 13.7. The van der Waals surface area contributed by atoms with E-state index in [4.69, 9.17) is 4.74 Å². The van der Waals surface area contributed by atoms with Gasteiger partial charge in [0.2, 0.25) is 0 Å². The highest BCUT2D eigenvalue weighted by Gasteiger charge is 2.39. The van der Waals surface area contributed by atoms with Crippen molar-refractivity contribution >= 4 is 23.1 Å². The van der Waals surface area contributed by atoms with Crippen LogP contribution in [-0.4, -0.2) is 68.3 Å². The van der Waals surface area contributed by atoms with E-state index < -0.39 is 22.4 Å². The number of amides is 2. The number of alkyl halides is 3. The van der Waals surface area contributed by atoms with E-state index >= 15 is 0 Å². The highest BCUT2D eigenvalue weighted by molar-refractivity contribution is 5.74. The maximum absolute atomic E-state index is 13.4. The molecule has 0 saturated carbocycles. The highest BCUT2D eigenvalue weighted by atomic mass is 19.4. The van der Waals surface area contributed by atoms with Gasteiger partial charge in [-0.15, -0.1) is 0 Å². The summed E-state index contributed by atoms with van der Waals surface area (Å²) in [4.78, 5) is 28.6. The second-order valence-corrected chi connectivity index (χ2v) is 10.3. The Morgan fingerprint density at radius 2 is 1.71 bits per heavy atom. The zero-order valence-electron chi connectivity index (χ0n) is 22.8. The van der Waals surface area contributed by atoms with Crippen LogP contribution in [0.5, 0.6) is 5.75 Å². The van der Waals surface area contributed by atoms with Gasteiger partial charge in [-0.3, -0.25) is 10.1 Å². The molecule has 0 radical (unpaired) electrons. The smallest absolute Gasteiger partial charge is 0.423 e. The number of urea groups is 1. The van der Waals surface area contributed by atoms with Gasteiger partial charge in [-0.25, -0.2) is 4.79 Å². The van der Waals surface area contributed by atoms with Crippen molar-refractivity contribution in [2.45, 2.75) is 52.3 Å². The van der Waals surface area contributed by atoms with E-state index in [1.165, 1.54) is 11.8 Å². The summed E-state index contributed by atoms with van der Waals surface area (Å²) in [5.74, 6) is 1.26. The second-order valence-electron chi connectivity index (χ2n) is 10.3. The van der Waals surface area contributed by atoms with Crippen molar-refractivity contribution in [2.24, 2.45) is 5.92 Å². The average Bonchev–Trinajstić information content (AvgIpc) is 2.95. The van der Waals surface area contributed by atoms with Crippen molar-refractivity contribution in [3.05, 3.63) is 58.1 Å². The van der Waals surface area contributed by atoms with Crippen molar-refractivity contribution < 1.29 is 27.6 Å². The Labute approximate surface area is 239 Å². The van der Waals surface area contributed by atoms with Gasteiger partial charge in [-0.05, 0) is 74.9 Å². The molecule has 0 bridgehead atoms. The summed E-state index contributed by atoms with van der Waals surface area (Å²) in [5.41, 5.74) is -0.790. The molecule has 0 spiro atoms. The number of carbonyl (C=O) groups is 1. The molecule has 2 saturated heterocycles. The van der Waals surface area contributed by atoms with Crippen LogP contribution < -0.4 is 19.9 Å². The van der Waals surface area contributed by atoms with E-state index in [1.54, 1.807) is 16.8 Å². The SMILES string of the molecule is C.CCOc1ccc(N2CCC(CNC(=O)N3CCC(N(C)c4ccc([N+](=O)[O-])c(C(F)(F)F)c4)CC3)CC2)cc1. The molecular weight excluding hydrogens is 539 g/mol. The van der Waals surface area contributed by atoms with Crippen LogP contribution in [0.3, 0.4) is 0 Å². The lowest BCUT2D eigenvalue weighted by atomic mass is 9.96. The highest BCUT2D eigenvalue weighted by Crippen LogP contribution is 2.39. The van der Waals surface area contributed by atoms with Crippen LogP contribution in [0.25, 0.3) is 0 Å². The van der Waals surface area contributed by atoms with Crippen LogP contribution in [0.15, 0.2) is 42.5 Å². The van der Waals surface area contributed by atoms with Crippen LogP contribution in [0.2, 0.25) is 0 Å². The first kappa shape index (κ1) is 31.8. The van der Waals surface area contributed by atoms with Crippen molar-refractivity contribution in [2.75, 3.05) is 56.2 Å². The molecule has 0 unspecified atom stereocenters. The summed E-state index contributed by atoms with van der Waals surface area (Å²) in [7, 11) is 1.68. The number of likely N-dealkylation sites (tertiary alicyclic amines) is 1. The molecule has 0 atom stereocenters. The molecule has 2 heterocycles. The fourth-order valence-corrected chi connectivity index (χ4v) is 5.46. The lowest BCUT2D eigenvalue weighted by Crippen LogP contribution is -2.50. The number of benzene rings is 2. The number of ether oxygens (including phenoxy) is 1. The zero-order valence-corrected chi connectivity index (χ0v) is 22.8. The molecule has 2 aromatic rings. The minimum absolute atomic E-state index is 0. The molecule has 0 aliphatic carbocycles. The molecule has 2 fully saturated rings. The van der Waals surface area contributed by atoms with E-state index in [1.807, 2.05) is 19.1 Å². The Kier molecular flexibility index (Phi) is 10.7. The van der Waals surface area contributed by atoms with Gasteiger partial charge in [0.05, 0.1) is 11.5 Å². The Balaban J connectivity index is 0.00000462. The van der Waals surface area contributed by atoms with E-state index in [0.717, 1.165) is 43.8 Å². The fraction of sp³-hybridized carbons (Fsp3) is 0.552. The first-order chi connectivity index (χ1) is 19.1. The number of halogens is 3. The molecule has 4 rings (SSSR count). The monoisotopic (exact) mass is 579 g/mol. The number of nitrogens with one attached hydrogen (secondary N) is 1. The second kappa shape index (κ2) is 13.8. The third-order valence-corrected chi connectivity index (χ3v) is 7.86.